The Hall–Kier alpha value is -1.03. The van der Waals surface area contributed by atoms with E-state index < -0.39 is 0 Å². The molecule has 1 N–H and O–H groups in total. The zero-order chi connectivity index (χ0) is 13.4. The maximum atomic E-state index is 4.85. The van der Waals surface area contributed by atoms with Crippen molar-refractivity contribution in [3.63, 3.8) is 0 Å². The third-order valence-electron chi connectivity index (χ3n) is 4.56. The van der Waals surface area contributed by atoms with Gasteiger partial charge < -0.3 is 14.8 Å². The number of fused-ring (bicyclic) bond motifs is 1. The van der Waals surface area contributed by atoms with Crippen molar-refractivity contribution in [1.82, 2.24) is 14.9 Å². The summed E-state index contributed by atoms with van der Waals surface area (Å²) in [6.45, 7) is 10.1. The summed E-state index contributed by atoms with van der Waals surface area (Å²) in [6.07, 6.45) is 5.95. The first kappa shape index (κ1) is 13.0. The molecule has 2 saturated heterocycles. The van der Waals surface area contributed by atoms with Gasteiger partial charge in [0.25, 0.3) is 0 Å². The number of hydrogen-bond donors (Lipinski definition) is 1. The molecule has 0 aromatic carbocycles. The first-order valence-corrected chi connectivity index (χ1v) is 7.75. The van der Waals surface area contributed by atoms with Crippen LogP contribution >= 0.6 is 0 Å². The van der Waals surface area contributed by atoms with Gasteiger partial charge in [-0.3, -0.25) is 0 Å². The molecule has 0 radical (unpaired) electrons. The molecule has 3 rings (SSSR count). The topological polar surface area (TPSA) is 33.1 Å². The van der Waals surface area contributed by atoms with Gasteiger partial charge in [-0.2, -0.15) is 0 Å². The summed E-state index contributed by atoms with van der Waals surface area (Å²) in [6, 6.07) is 1.16. The second-order valence-electron chi connectivity index (χ2n) is 6.25. The minimum atomic E-state index is 0.485. The summed E-state index contributed by atoms with van der Waals surface area (Å²) in [5, 5.41) is 3.67. The van der Waals surface area contributed by atoms with Crippen LogP contribution in [0.25, 0.3) is 0 Å². The Kier molecular flexibility index (Phi) is 3.52. The predicted molar refractivity (Wildman–Crippen MR) is 78.7 cm³/mol. The highest BCUT2D eigenvalue weighted by molar-refractivity contribution is 5.37. The molecule has 2 unspecified atom stereocenters. The molecule has 0 spiro atoms. The van der Waals surface area contributed by atoms with E-state index in [9.17, 15) is 0 Å². The highest BCUT2D eigenvalue weighted by Gasteiger charge is 2.36. The molecular formula is C15H26N4. The Morgan fingerprint density at radius 1 is 1.42 bits per heavy atom. The molecule has 4 heteroatoms. The van der Waals surface area contributed by atoms with Crippen LogP contribution in [0.2, 0.25) is 0 Å². The molecule has 4 nitrogen and oxygen atoms in total. The second-order valence-corrected chi connectivity index (χ2v) is 6.25. The standard InChI is InChI=1S/C15H26N4/c1-4-13-9-19(11(2)3)15(17-13)18-8-12-6-5-7-16-14(12)10-18/h9,11-12,14,16H,4-8,10H2,1-3H3. The van der Waals surface area contributed by atoms with E-state index in [2.05, 4.69) is 41.8 Å². The van der Waals surface area contributed by atoms with Crippen LogP contribution in [0.5, 0.6) is 0 Å². The Labute approximate surface area is 116 Å². The van der Waals surface area contributed by atoms with E-state index in [-0.39, 0.29) is 0 Å². The van der Waals surface area contributed by atoms with E-state index in [0.29, 0.717) is 12.1 Å². The van der Waals surface area contributed by atoms with Gasteiger partial charge in [-0.05, 0) is 45.6 Å². The zero-order valence-corrected chi connectivity index (χ0v) is 12.4. The fourth-order valence-electron chi connectivity index (χ4n) is 3.43. The summed E-state index contributed by atoms with van der Waals surface area (Å²) in [5.74, 6) is 2.00. The van der Waals surface area contributed by atoms with Crippen LogP contribution in [-0.4, -0.2) is 35.2 Å². The molecule has 2 aliphatic heterocycles. The second kappa shape index (κ2) is 5.16. The lowest BCUT2D eigenvalue weighted by Crippen LogP contribution is -2.40. The van der Waals surface area contributed by atoms with Gasteiger partial charge in [-0.15, -0.1) is 0 Å². The molecule has 0 amide bonds. The summed E-state index contributed by atoms with van der Waals surface area (Å²) >= 11 is 0. The van der Waals surface area contributed by atoms with Gasteiger partial charge >= 0.3 is 0 Å². The molecule has 1 aromatic rings. The molecular weight excluding hydrogens is 236 g/mol. The third kappa shape index (κ3) is 2.38. The number of nitrogens with zero attached hydrogens (tertiary/aromatic N) is 3. The molecule has 0 bridgehead atoms. The van der Waals surface area contributed by atoms with Gasteiger partial charge in [-0.1, -0.05) is 6.92 Å². The molecule has 19 heavy (non-hydrogen) atoms. The van der Waals surface area contributed by atoms with Crippen molar-refractivity contribution in [2.24, 2.45) is 5.92 Å². The van der Waals surface area contributed by atoms with Crippen molar-refractivity contribution in [1.29, 1.82) is 0 Å². The molecule has 106 valence electrons. The number of rotatable bonds is 3. The maximum absolute atomic E-state index is 4.85. The molecule has 0 saturated carbocycles. The van der Waals surface area contributed by atoms with Crippen molar-refractivity contribution in [2.75, 3.05) is 24.5 Å². The third-order valence-corrected chi connectivity index (χ3v) is 4.56. The van der Waals surface area contributed by atoms with Gasteiger partial charge in [0, 0.05) is 31.4 Å². The fourth-order valence-corrected chi connectivity index (χ4v) is 3.43. The van der Waals surface area contributed by atoms with Gasteiger partial charge in [-0.25, -0.2) is 4.98 Å². The summed E-state index contributed by atoms with van der Waals surface area (Å²) < 4.78 is 2.34. The molecule has 2 atom stereocenters. The molecule has 1 aromatic heterocycles. The van der Waals surface area contributed by atoms with Gasteiger partial charge in [0.15, 0.2) is 0 Å². The number of aryl methyl sites for hydroxylation is 1. The normalized spacial score (nSPS) is 27.1. The van der Waals surface area contributed by atoms with Crippen molar-refractivity contribution in [2.45, 2.75) is 52.1 Å². The van der Waals surface area contributed by atoms with Crippen LogP contribution in [-0.2, 0) is 6.42 Å². The van der Waals surface area contributed by atoms with Crippen LogP contribution in [0.3, 0.4) is 0 Å². The molecule has 0 aliphatic carbocycles. The van der Waals surface area contributed by atoms with Crippen molar-refractivity contribution >= 4 is 5.95 Å². The number of anilines is 1. The Morgan fingerprint density at radius 2 is 2.26 bits per heavy atom. The van der Waals surface area contributed by atoms with E-state index in [1.165, 1.54) is 37.6 Å². The van der Waals surface area contributed by atoms with E-state index in [1.54, 1.807) is 0 Å². The number of nitrogens with one attached hydrogen (secondary N) is 1. The van der Waals surface area contributed by atoms with Crippen molar-refractivity contribution < 1.29 is 0 Å². The number of imidazole rings is 1. The average molecular weight is 262 g/mol. The predicted octanol–water partition coefficient (Wildman–Crippen LogP) is 2.21. The maximum Gasteiger partial charge on any atom is 0.206 e. The number of piperidine rings is 1. The molecule has 3 heterocycles. The van der Waals surface area contributed by atoms with Gasteiger partial charge in [0.1, 0.15) is 0 Å². The number of hydrogen-bond acceptors (Lipinski definition) is 3. The first-order chi connectivity index (χ1) is 9.19. The van der Waals surface area contributed by atoms with Gasteiger partial charge in [0.05, 0.1) is 5.69 Å². The van der Waals surface area contributed by atoms with Crippen LogP contribution in [0.1, 0.15) is 45.3 Å². The number of aromatic nitrogens is 2. The van der Waals surface area contributed by atoms with Crippen LogP contribution in [0, 0.1) is 5.92 Å². The fraction of sp³-hybridized carbons (Fsp3) is 0.800. The molecule has 2 fully saturated rings. The van der Waals surface area contributed by atoms with Crippen LogP contribution in [0.15, 0.2) is 6.20 Å². The average Bonchev–Trinajstić information content (AvgIpc) is 3.02. The monoisotopic (exact) mass is 262 g/mol. The van der Waals surface area contributed by atoms with Gasteiger partial charge in [0.2, 0.25) is 5.95 Å². The summed E-state index contributed by atoms with van der Waals surface area (Å²) in [4.78, 5) is 7.34. The molecule has 2 aliphatic rings. The Morgan fingerprint density at radius 3 is 2.95 bits per heavy atom. The highest BCUT2D eigenvalue weighted by atomic mass is 15.3. The van der Waals surface area contributed by atoms with Crippen molar-refractivity contribution in [3.8, 4) is 0 Å². The van der Waals surface area contributed by atoms with Crippen LogP contribution in [0.4, 0.5) is 5.95 Å². The van der Waals surface area contributed by atoms with E-state index in [1.807, 2.05) is 0 Å². The summed E-state index contributed by atoms with van der Waals surface area (Å²) in [5.41, 5.74) is 1.21. The minimum Gasteiger partial charge on any atom is -0.340 e. The van der Waals surface area contributed by atoms with E-state index >= 15 is 0 Å². The SMILES string of the molecule is CCc1cn(C(C)C)c(N2CC3CCCNC3C2)n1. The first-order valence-electron chi connectivity index (χ1n) is 7.75. The minimum absolute atomic E-state index is 0.485. The highest BCUT2D eigenvalue weighted by Crippen LogP contribution is 2.30. The quantitative estimate of drug-likeness (QED) is 0.906. The summed E-state index contributed by atoms with van der Waals surface area (Å²) in [7, 11) is 0. The lowest BCUT2D eigenvalue weighted by atomic mass is 9.94. The smallest absolute Gasteiger partial charge is 0.206 e. The Balaban J connectivity index is 1.84. The van der Waals surface area contributed by atoms with Crippen molar-refractivity contribution in [3.05, 3.63) is 11.9 Å². The lowest BCUT2D eigenvalue weighted by molar-refractivity contribution is 0.340. The van der Waals surface area contributed by atoms with E-state index in [4.69, 9.17) is 4.98 Å². The van der Waals surface area contributed by atoms with Crippen LogP contribution < -0.4 is 10.2 Å². The lowest BCUT2D eigenvalue weighted by Gasteiger charge is -2.24. The van der Waals surface area contributed by atoms with E-state index in [0.717, 1.165) is 18.9 Å². The zero-order valence-electron chi connectivity index (χ0n) is 12.4. The largest absolute Gasteiger partial charge is 0.340 e. The Bertz CT molecular complexity index is 423.